The molecule has 1 aromatic rings. The lowest BCUT2D eigenvalue weighted by Gasteiger charge is -2.19. The Bertz CT molecular complexity index is 499. The monoisotopic (exact) mass is 244 g/mol. The van der Waals surface area contributed by atoms with E-state index in [0.29, 0.717) is 0 Å². The normalized spacial score (nSPS) is 18.7. The fraction of sp³-hybridized carbons (Fsp3) is 0.333. The number of dihydropyridines is 1. The molecule has 0 radical (unpaired) electrons. The standard InChI is InChI=1S/C15H17FN2/c16-13-11-12(14-5-1-2-8-17-14)6-7-15(13)18-9-3-4-10-18/h1-2,5-7,11,17H,3-4,8-10H2. The van der Waals surface area contributed by atoms with Gasteiger partial charge in [0.25, 0.3) is 0 Å². The summed E-state index contributed by atoms with van der Waals surface area (Å²) in [5, 5.41) is 3.25. The Balaban J connectivity index is 1.88. The first kappa shape index (κ1) is 11.3. The van der Waals surface area contributed by atoms with E-state index in [-0.39, 0.29) is 5.82 Å². The number of allylic oxidation sites excluding steroid dienone is 2. The number of rotatable bonds is 2. The van der Waals surface area contributed by atoms with E-state index in [1.807, 2.05) is 30.4 Å². The van der Waals surface area contributed by atoms with E-state index in [2.05, 4.69) is 10.2 Å². The van der Waals surface area contributed by atoms with E-state index in [0.717, 1.165) is 36.6 Å². The number of halogens is 1. The lowest BCUT2D eigenvalue weighted by atomic mass is 10.1. The zero-order valence-electron chi connectivity index (χ0n) is 10.3. The Morgan fingerprint density at radius 2 is 2.00 bits per heavy atom. The first-order valence-electron chi connectivity index (χ1n) is 6.50. The van der Waals surface area contributed by atoms with Crippen LogP contribution in [0.3, 0.4) is 0 Å². The first-order valence-corrected chi connectivity index (χ1v) is 6.50. The van der Waals surface area contributed by atoms with Crippen LogP contribution in [0.4, 0.5) is 10.1 Å². The highest BCUT2D eigenvalue weighted by molar-refractivity contribution is 5.68. The summed E-state index contributed by atoms with van der Waals surface area (Å²) < 4.78 is 14.1. The maximum Gasteiger partial charge on any atom is 0.147 e. The van der Waals surface area contributed by atoms with Crippen LogP contribution in [0.25, 0.3) is 5.70 Å². The van der Waals surface area contributed by atoms with Crippen molar-refractivity contribution in [3.63, 3.8) is 0 Å². The van der Waals surface area contributed by atoms with Gasteiger partial charge in [0.1, 0.15) is 5.82 Å². The average Bonchev–Trinajstić information content (AvgIpc) is 2.93. The molecule has 0 atom stereocenters. The molecular weight excluding hydrogens is 227 g/mol. The second-order valence-electron chi connectivity index (χ2n) is 4.75. The van der Waals surface area contributed by atoms with E-state index in [9.17, 15) is 4.39 Å². The maximum atomic E-state index is 14.1. The second-order valence-corrected chi connectivity index (χ2v) is 4.75. The summed E-state index contributed by atoms with van der Waals surface area (Å²) in [6.07, 6.45) is 8.35. The summed E-state index contributed by atoms with van der Waals surface area (Å²) >= 11 is 0. The molecule has 2 heterocycles. The molecule has 2 aliphatic heterocycles. The quantitative estimate of drug-likeness (QED) is 0.860. The van der Waals surface area contributed by atoms with E-state index in [1.165, 1.54) is 12.8 Å². The predicted molar refractivity (Wildman–Crippen MR) is 73.0 cm³/mol. The molecule has 0 amide bonds. The minimum absolute atomic E-state index is 0.119. The molecule has 0 aliphatic carbocycles. The minimum Gasteiger partial charge on any atom is -0.381 e. The Morgan fingerprint density at radius 1 is 1.17 bits per heavy atom. The van der Waals surface area contributed by atoms with Crippen LogP contribution in [0.5, 0.6) is 0 Å². The minimum atomic E-state index is -0.119. The SMILES string of the molecule is Fc1cc(C2=CC=CCN2)ccc1N1CCCC1. The summed E-state index contributed by atoms with van der Waals surface area (Å²) in [6.45, 7) is 2.75. The van der Waals surface area contributed by atoms with Crippen LogP contribution in [0.15, 0.2) is 36.4 Å². The first-order chi connectivity index (χ1) is 8.84. The molecule has 2 nitrogen and oxygen atoms in total. The molecule has 1 saturated heterocycles. The van der Waals surface area contributed by atoms with Gasteiger partial charge in [0.05, 0.1) is 5.69 Å². The molecule has 0 saturated carbocycles. The zero-order valence-corrected chi connectivity index (χ0v) is 10.3. The largest absolute Gasteiger partial charge is 0.381 e. The lowest BCUT2D eigenvalue weighted by Crippen LogP contribution is -2.19. The van der Waals surface area contributed by atoms with Gasteiger partial charge in [-0.1, -0.05) is 18.2 Å². The number of anilines is 1. The molecule has 1 fully saturated rings. The molecule has 0 aromatic heterocycles. The van der Waals surface area contributed by atoms with Crippen molar-refractivity contribution < 1.29 is 4.39 Å². The van der Waals surface area contributed by atoms with Crippen molar-refractivity contribution in [2.75, 3.05) is 24.5 Å². The summed E-state index contributed by atoms with van der Waals surface area (Å²) in [6, 6.07) is 5.52. The van der Waals surface area contributed by atoms with Crippen LogP contribution in [-0.2, 0) is 0 Å². The van der Waals surface area contributed by atoms with Crippen molar-refractivity contribution in [1.29, 1.82) is 0 Å². The average molecular weight is 244 g/mol. The van der Waals surface area contributed by atoms with Crippen LogP contribution in [0.2, 0.25) is 0 Å². The van der Waals surface area contributed by atoms with Gasteiger partial charge >= 0.3 is 0 Å². The molecule has 94 valence electrons. The van der Waals surface area contributed by atoms with Crippen molar-refractivity contribution in [2.24, 2.45) is 0 Å². The maximum absolute atomic E-state index is 14.1. The zero-order chi connectivity index (χ0) is 12.4. The molecule has 2 aliphatic rings. The van der Waals surface area contributed by atoms with Gasteiger partial charge in [-0.05, 0) is 31.1 Å². The van der Waals surface area contributed by atoms with Gasteiger partial charge < -0.3 is 10.2 Å². The predicted octanol–water partition coefficient (Wildman–Crippen LogP) is 2.93. The Labute approximate surface area is 107 Å². The topological polar surface area (TPSA) is 15.3 Å². The molecule has 3 rings (SSSR count). The van der Waals surface area contributed by atoms with Crippen molar-refractivity contribution in [1.82, 2.24) is 5.32 Å². The van der Waals surface area contributed by atoms with E-state index < -0.39 is 0 Å². The van der Waals surface area contributed by atoms with E-state index in [1.54, 1.807) is 6.07 Å². The highest BCUT2D eigenvalue weighted by Crippen LogP contribution is 2.26. The van der Waals surface area contributed by atoms with E-state index in [4.69, 9.17) is 0 Å². The molecule has 1 N–H and O–H groups in total. The number of nitrogens with one attached hydrogen (secondary N) is 1. The third-order valence-corrected chi connectivity index (χ3v) is 3.51. The van der Waals surface area contributed by atoms with Crippen LogP contribution in [0, 0.1) is 5.82 Å². The smallest absolute Gasteiger partial charge is 0.147 e. The molecule has 1 aromatic carbocycles. The number of benzene rings is 1. The fourth-order valence-corrected chi connectivity index (χ4v) is 2.55. The molecule has 0 bridgehead atoms. The fourth-order valence-electron chi connectivity index (χ4n) is 2.55. The Kier molecular flexibility index (Phi) is 3.05. The number of hydrogen-bond acceptors (Lipinski definition) is 2. The highest BCUT2D eigenvalue weighted by Gasteiger charge is 2.16. The molecule has 0 spiro atoms. The van der Waals surface area contributed by atoms with Crippen LogP contribution in [0.1, 0.15) is 18.4 Å². The van der Waals surface area contributed by atoms with Crippen molar-refractivity contribution in [3.8, 4) is 0 Å². The van der Waals surface area contributed by atoms with Gasteiger partial charge in [0.15, 0.2) is 0 Å². The number of hydrogen-bond donors (Lipinski definition) is 1. The van der Waals surface area contributed by atoms with Crippen molar-refractivity contribution in [2.45, 2.75) is 12.8 Å². The summed E-state index contributed by atoms with van der Waals surface area (Å²) in [5.41, 5.74) is 2.65. The Morgan fingerprint density at radius 3 is 2.67 bits per heavy atom. The van der Waals surface area contributed by atoms with Crippen molar-refractivity contribution in [3.05, 3.63) is 47.8 Å². The van der Waals surface area contributed by atoms with Gasteiger partial charge in [0, 0.05) is 30.9 Å². The highest BCUT2D eigenvalue weighted by atomic mass is 19.1. The summed E-state index contributed by atoms with van der Waals surface area (Å²) in [5.74, 6) is -0.119. The molecule has 18 heavy (non-hydrogen) atoms. The van der Waals surface area contributed by atoms with Crippen molar-refractivity contribution >= 4 is 11.4 Å². The molecular formula is C15H17FN2. The number of nitrogens with zero attached hydrogens (tertiary/aromatic N) is 1. The lowest BCUT2D eigenvalue weighted by molar-refractivity contribution is 0.622. The summed E-state index contributed by atoms with van der Waals surface area (Å²) in [7, 11) is 0. The molecule has 0 unspecified atom stereocenters. The molecule has 3 heteroatoms. The van der Waals surface area contributed by atoms with Crippen LogP contribution in [-0.4, -0.2) is 19.6 Å². The summed E-state index contributed by atoms with van der Waals surface area (Å²) in [4.78, 5) is 2.13. The Hall–Kier alpha value is -1.77. The van der Waals surface area contributed by atoms with Gasteiger partial charge in [0.2, 0.25) is 0 Å². The third kappa shape index (κ3) is 2.13. The van der Waals surface area contributed by atoms with Crippen LogP contribution >= 0.6 is 0 Å². The van der Waals surface area contributed by atoms with Crippen LogP contribution < -0.4 is 10.2 Å². The van der Waals surface area contributed by atoms with Gasteiger partial charge in [-0.25, -0.2) is 4.39 Å². The second kappa shape index (κ2) is 4.84. The third-order valence-electron chi connectivity index (χ3n) is 3.51. The van der Waals surface area contributed by atoms with Gasteiger partial charge in [-0.15, -0.1) is 0 Å². The van der Waals surface area contributed by atoms with Gasteiger partial charge in [-0.3, -0.25) is 0 Å². The van der Waals surface area contributed by atoms with Gasteiger partial charge in [-0.2, -0.15) is 0 Å². The van der Waals surface area contributed by atoms with E-state index >= 15 is 0 Å².